The number of sulfone groups is 1. The van der Waals surface area contributed by atoms with Crippen LogP contribution < -0.4 is 5.73 Å². The van der Waals surface area contributed by atoms with E-state index in [2.05, 4.69) is 0 Å². The molecule has 5 nitrogen and oxygen atoms in total. The molecule has 1 aliphatic rings. The lowest BCUT2D eigenvalue weighted by atomic mass is 10.0. The molecule has 0 aliphatic heterocycles. The Morgan fingerprint density at radius 3 is 2.20 bits per heavy atom. The molecule has 3 atom stereocenters. The van der Waals surface area contributed by atoms with Crippen molar-refractivity contribution in [1.29, 1.82) is 0 Å². The van der Waals surface area contributed by atoms with E-state index in [0.717, 1.165) is 12.0 Å². The summed E-state index contributed by atoms with van der Waals surface area (Å²) in [5, 5.41) is 8.74. The number of carboxylic acids is 1. The summed E-state index contributed by atoms with van der Waals surface area (Å²) in [6, 6.07) is 12.9. The lowest BCUT2D eigenvalue weighted by Gasteiger charge is -2.07. The number of halogens is 1. The Balaban J connectivity index is 2.03. The molecule has 1 aliphatic carbocycles. The van der Waals surface area contributed by atoms with Crippen LogP contribution >= 0.6 is 11.6 Å². The third kappa shape index (κ3) is 2.84. The third-order valence-corrected chi connectivity index (χ3v) is 7.29. The van der Waals surface area contributed by atoms with Gasteiger partial charge in [0.1, 0.15) is 10.8 Å². The zero-order chi connectivity index (χ0) is 18.4. The van der Waals surface area contributed by atoms with Crippen LogP contribution in [0.3, 0.4) is 0 Å². The first kappa shape index (κ1) is 17.9. The highest BCUT2D eigenvalue weighted by atomic mass is 35.5. The Kier molecular flexibility index (Phi) is 4.39. The number of carboxylic acid groups (broad SMARTS) is 1. The van der Waals surface area contributed by atoms with Crippen LogP contribution in [-0.2, 0) is 21.1 Å². The zero-order valence-corrected chi connectivity index (χ0v) is 15.1. The van der Waals surface area contributed by atoms with E-state index in [4.69, 9.17) is 17.3 Å². The fourth-order valence-electron chi connectivity index (χ4n) is 3.25. The Morgan fingerprint density at radius 2 is 1.72 bits per heavy atom. The van der Waals surface area contributed by atoms with Crippen molar-refractivity contribution in [1.82, 2.24) is 0 Å². The first-order valence-corrected chi connectivity index (χ1v) is 9.76. The number of hydrogen-bond acceptors (Lipinski definition) is 4. The number of hydrogen-bond donors (Lipinski definition) is 2. The van der Waals surface area contributed by atoms with E-state index >= 15 is 0 Å². The molecule has 0 aromatic heterocycles. The van der Waals surface area contributed by atoms with Crippen LogP contribution in [-0.4, -0.2) is 30.3 Å². The van der Waals surface area contributed by atoms with Gasteiger partial charge in [-0.3, -0.25) is 4.79 Å². The minimum atomic E-state index is -3.91. The molecule has 1 fully saturated rings. The summed E-state index contributed by atoms with van der Waals surface area (Å²) in [5.41, 5.74) is 5.89. The largest absolute Gasteiger partial charge is 0.480 e. The average molecular weight is 380 g/mol. The fraction of sp³-hybridized carbons (Fsp3) is 0.278. The standard InChI is InChI=1S/C18H18ClNO4S/c1-2-11-3-5-12(6-4-11)15-16(18(15,20)17(21)22)25(23,24)14-9-7-13(19)8-10-14/h3-10,15-16H,2,20H2,1H3,(H,21,22)/t15-,16-,18+/m1/s1. The normalized spacial score (nSPS) is 25.6. The van der Waals surface area contributed by atoms with Crippen molar-refractivity contribution in [2.24, 2.45) is 5.73 Å². The second kappa shape index (κ2) is 6.12. The van der Waals surface area contributed by atoms with Gasteiger partial charge >= 0.3 is 5.97 Å². The smallest absolute Gasteiger partial charge is 0.325 e. The Hall–Kier alpha value is -1.89. The van der Waals surface area contributed by atoms with E-state index in [-0.39, 0.29) is 4.90 Å². The van der Waals surface area contributed by atoms with Crippen molar-refractivity contribution < 1.29 is 18.3 Å². The Bertz CT molecular complexity index is 909. The molecule has 3 rings (SSSR count). The predicted octanol–water partition coefficient (Wildman–Crippen LogP) is 2.62. The van der Waals surface area contributed by atoms with Gasteiger partial charge in [0.05, 0.1) is 4.90 Å². The summed E-state index contributed by atoms with van der Waals surface area (Å²) in [6.45, 7) is 2.00. The molecule has 0 unspecified atom stereocenters. The maximum absolute atomic E-state index is 12.9. The maximum Gasteiger partial charge on any atom is 0.325 e. The highest BCUT2D eigenvalue weighted by Crippen LogP contribution is 2.55. The third-order valence-electron chi connectivity index (χ3n) is 4.77. The molecule has 0 spiro atoms. The molecular formula is C18H18ClNO4S. The van der Waals surface area contributed by atoms with Crippen LogP contribution in [0.1, 0.15) is 24.0 Å². The molecule has 3 N–H and O–H groups in total. The molecule has 0 heterocycles. The summed E-state index contributed by atoms with van der Waals surface area (Å²) in [6.07, 6.45) is 0.837. The van der Waals surface area contributed by atoms with Gasteiger partial charge in [0.25, 0.3) is 0 Å². The molecule has 132 valence electrons. The second-order valence-corrected chi connectivity index (χ2v) is 8.74. The van der Waals surface area contributed by atoms with Gasteiger partial charge in [0, 0.05) is 10.9 Å². The van der Waals surface area contributed by atoms with E-state index in [1.54, 1.807) is 12.1 Å². The van der Waals surface area contributed by atoms with E-state index in [1.165, 1.54) is 24.3 Å². The molecule has 2 aromatic rings. The highest BCUT2D eigenvalue weighted by Gasteiger charge is 2.74. The van der Waals surface area contributed by atoms with Crippen molar-refractivity contribution >= 4 is 27.4 Å². The van der Waals surface area contributed by atoms with Crippen molar-refractivity contribution in [2.45, 2.75) is 34.9 Å². The molecule has 0 radical (unpaired) electrons. The van der Waals surface area contributed by atoms with Gasteiger partial charge in [-0.05, 0) is 41.8 Å². The van der Waals surface area contributed by atoms with E-state index in [1.807, 2.05) is 19.1 Å². The second-order valence-electron chi connectivity index (χ2n) is 6.23. The first-order chi connectivity index (χ1) is 11.7. The molecule has 0 amide bonds. The molecule has 2 aromatic carbocycles. The van der Waals surface area contributed by atoms with Crippen molar-refractivity contribution in [3.8, 4) is 0 Å². The van der Waals surface area contributed by atoms with E-state index in [9.17, 15) is 18.3 Å². The lowest BCUT2D eigenvalue weighted by molar-refractivity contribution is -0.139. The summed E-state index contributed by atoms with van der Waals surface area (Å²) in [5.74, 6) is -2.11. The van der Waals surface area contributed by atoms with E-state index in [0.29, 0.717) is 10.6 Å². The van der Waals surface area contributed by atoms with Crippen molar-refractivity contribution in [2.75, 3.05) is 0 Å². The lowest BCUT2D eigenvalue weighted by Crippen LogP contribution is -2.39. The number of nitrogens with two attached hydrogens (primary N) is 1. The van der Waals surface area contributed by atoms with Gasteiger partial charge in [0.15, 0.2) is 9.84 Å². The van der Waals surface area contributed by atoms with Gasteiger partial charge < -0.3 is 10.8 Å². The summed E-state index contributed by atoms with van der Waals surface area (Å²) in [4.78, 5) is 11.7. The van der Waals surface area contributed by atoms with E-state index < -0.39 is 32.5 Å². The Morgan fingerprint density at radius 1 is 1.16 bits per heavy atom. The number of aliphatic carboxylic acids is 1. The van der Waals surface area contributed by atoms with Crippen molar-refractivity contribution in [3.05, 3.63) is 64.7 Å². The minimum Gasteiger partial charge on any atom is -0.480 e. The van der Waals surface area contributed by atoms with Crippen LogP contribution in [0, 0.1) is 0 Å². The summed E-state index contributed by atoms with van der Waals surface area (Å²) in [7, 11) is -3.91. The Labute approximate surface area is 151 Å². The summed E-state index contributed by atoms with van der Waals surface area (Å²) >= 11 is 5.80. The zero-order valence-electron chi connectivity index (χ0n) is 13.5. The van der Waals surface area contributed by atoms with Gasteiger partial charge in [0.2, 0.25) is 0 Å². The molecule has 25 heavy (non-hydrogen) atoms. The molecule has 0 bridgehead atoms. The molecule has 7 heteroatoms. The minimum absolute atomic E-state index is 0.0191. The topological polar surface area (TPSA) is 97.5 Å². The first-order valence-electron chi connectivity index (χ1n) is 7.83. The highest BCUT2D eigenvalue weighted by molar-refractivity contribution is 7.92. The van der Waals surface area contributed by atoms with Crippen LogP contribution in [0.25, 0.3) is 0 Å². The number of benzene rings is 2. The average Bonchev–Trinajstić information content (AvgIpc) is 3.24. The van der Waals surface area contributed by atoms with Crippen LogP contribution in [0.15, 0.2) is 53.4 Å². The molecule has 1 saturated carbocycles. The quantitative estimate of drug-likeness (QED) is 0.832. The van der Waals surface area contributed by atoms with Crippen LogP contribution in [0.5, 0.6) is 0 Å². The summed E-state index contributed by atoms with van der Waals surface area (Å²) < 4.78 is 25.9. The monoisotopic (exact) mass is 379 g/mol. The number of carbonyl (C=O) groups is 1. The predicted molar refractivity (Wildman–Crippen MR) is 95.5 cm³/mol. The molecular weight excluding hydrogens is 362 g/mol. The van der Waals surface area contributed by atoms with Crippen LogP contribution in [0.2, 0.25) is 5.02 Å². The van der Waals surface area contributed by atoms with Gasteiger partial charge in [-0.1, -0.05) is 42.8 Å². The SMILES string of the molecule is CCc1ccc([C@@H]2[C@@H](S(=O)(=O)c3ccc(Cl)cc3)[C@]2(N)C(=O)O)cc1. The van der Waals surface area contributed by atoms with Crippen LogP contribution in [0.4, 0.5) is 0 Å². The molecule has 0 saturated heterocycles. The number of rotatable bonds is 5. The van der Waals surface area contributed by atoms with Gasteiger partial charge in [-0.15, -0.1) is 0 Å². The maximum atomic E-state index is 12.9. The fourth-order valence-corrected chi connectivity index (χ4v) is 5.60. The van der Waals surface area contributed by atoms with Crippen molar-refractivity contribution in [3.63, 3.8) is 0 Å². The van der Waals surface area contributed by atoms with Gasteiger partial charge in [-0.2, -0.15) is 0 Å². The number of aryl methyl sites for hydroxylation is 1. The van der Waals surface area contributed by atoms with Gasteiger partial charge in [-0.25, -0.2) is 8.42 Å².